The van der Waals surface area contributed by atoms with Gasteiger partial charge >= 0.3 is 0 Å². The lowest BCUT2D eigenvalue weighted by atomic mass is 10.0. The molecule has 0 atom stereocenters. The fourth-order valence-corrected chi connectivity index (χ4v) is 2.07. The third kappa shape index (κ3) is 2.96. The Morgan fingerprint density at radius 2 is 2.06 bits per heavy atom. The predicted octanol–water partition coefficient (Wildman–Crippen LogP) is 3.51. The van der Waals surface area contributed by atoms with Crippen molar-refractivity contribution in [2.75, 3.05) is 11.9 Å². The summed E-state index contributed by atoms with van der Waals surface area (Å²) in [7, 11) is 0. The van der Waals surface area contributed by atoms with Crippen LogP contribution in [-0.4, -0.2) is 16.5 Å². The molecule has 0 bridgehead atoms. The first-order valence-electron chi connectivity index (χ1n) is 6.64. The van der Waals surface area contributed by atoms with E-state index >= 15 is 0 Å². The summed E-state index contributed by atoms with van der Waals surface area (Å²) in [5, 5.41) is 3.41. The zero-order chi connectivity index (χ0) is 12.5. The minimum absolute atomic E-state index is 0.457. The van der Waals surface area contributed by atoms with Gasteiger partial charge in [0.2, 0.25) is 5.95 Å². The van der Waals surface area contributed by atoms with Crippen LogP contribution in [0.25, 0.3) is 0 Å². The highest BCUT2D eigenvalue weighted by molar-refractivity contribution is 5.30. The SMILES string of the molecule is CCC1(CNc2nc(C)cc(C(C)C)n2)CC1. The Labute approximate surface area is 104 Å². The maximum Gasteiger partial charge on any atom is 0.223 e. The number of hydrogen-bond donors (Lipinski definition) is 1. The first-order valence-corrected chi connectivity index (χ1v) is 6.64. The van der Waals surface area contributed by atoms with Gasteiger partial charge in [0.15, 0.2) is 0 Å². The molecule has 1 heterocycles. The van der Waals surface area contributed by atoms with E-state index in [1.807, 2.05) is 6.92 Å². The molecule has 0 amide bonds. The third-order valence-electron chi connectivity index (χ3n) is 3.79. The van der Waals surface area contributed by atoms with Crippen LogP contribution in [0.4, 0.5) is 5.95 Å². The van der Waals surface area contributed by atoms with E-state index in [4.69, 9.17) is 0 Å². The molecule has 1 aromatic rings. The summed E-state index contributed by atoms with van der Waals surface area (Å²) in [4.78, 5) is 9.04. The first kappa shape index (κ1) is 12.3. The molecular formula is C14H23N3. The van der Waals surface area contributed by atoms with Crippen molar-refractivity contribution in [2.45, 2.75) is 52.9 Å². The first-order chi connectivity index (χ1) is 8.04. The van der Waals surface area contributed by atoms with E-state index in [9.17, 15) is 0 Å². The summed E-state index contributed by atoms with van der Waals surface area (Å²) in [5.41, 5.74) is 2.71. The summed E-state index contributed by atoms with van der Waals surface area (Å²) < 4.78 is 0. The summed E-state index contributed by atoms with van der Waals surface area (Å²) >= 11 is 0. The molecule has 3 heteroatoms. The molecule has 2 rings (SSSR count). The molecule has 0 spiro atoms. The Kier molecular flexibility index (Phi) is 3.36. The van der Waals surface area contributed by atoms with Gasteiger partial charge in [-0.3, -0.25) is 0 Å². The number of nitrogens with one attached hydrogen (secondary N) is 1. The number of aromatic nitrogens is 2. The number of aryl methyl sites for hydroxylation is 1. The maximum absolute atomic E-state index is 4.58. The Morgan fingerprint density at radius 1 is 1.35 bits per heavy atom. The van der Waals surface area contributed by atoms with Crippen molar-refractivity contribution in [3.8, 4) is 0 Å². The second-order valence-electron chi connectivity index (χ2n) is 5.62. The van der Waals surface area contributed by atoms with Gasteiger partial charge in [-0.05, 0) is 43.6 Å². The van der Waals surface area contributed by atoms with E-state index in [1.165, 1.54) is 19.3 Å². The standard InChI is InChI=1S/C14H23N3/c1-5-14(6-7-14)9-15-13-16-11(4)8-12(17-13)10(2)3/h8,10H,5-7,9H2,1-4H3,(H,15,16,17). The van der Waals surface area contributed by atoms with Gasteiger partial charge in [-0.2, -0.15) is 0 Å². The average Bonchev–Trinajstić information content (AvgIpc) is 3.06. The molecule has 17 heavy (non-hydrogen) atoms. The fraction of sp³-hybridized carbons (Fsp3) is 0.714. The number of anilines is 1. The quantitative estimate of drug-likeness (QED) is 0.845. The Balaban J connectivity index is 2.05. The number of hydrogen-bond acceptors (Lipinski definition) is 3. The molecule has 1 fully saturated rings. The van der Waals surface area contributed by atoms with E-state index < -0.39 is 0 Å². The number of rotatable bonds is 5. The van der Waals surface area contributed by atoms with Gasteiger partial charge in [-0.1, -0.05) is 20.8 Å². The lowest BCUT2D eigenvalue weighted by Gasteiger charge is -2.15. The van der Waals surface area contributed by atoms with Crippen LogP contribution in [-0.2, 0) is 0 Å². The zero-order valence-electron chi connectivity index (χ0n) is 11.4. The molecule has 0 radical (unpaired) electrons. The normalized spacial score (nSPS) is 17.2. The highest BCUT2D eigenvalue weighted by Gasteiger charge is 2.40. The van der Waals surface area contributed by atoms with Crippen LogP contribution in [0.5, 0.6) is 0 Å². The van der Waals surface area contributed by atoms with Crippen molar-refractivity contribution >= 4 is 5.95 Å². The summed E-state index contributed by atoms with van der Waals surface area (Å²) in [6, 6.07) is 2.07. The van der Waals surface area contributed by atoms with Crippen LogP contribution in [0, 0.1) is 12.3 Å². The topological polar surface area (TPSA) is 37.8 Å². The van der Waals surface area contributed by atoms with Crippen molar-refractivity contribution in [2.24, 2.45) is 5.41 Å². The second-order valence-corrected chi connectivity index (χ2v) is 5.62. The molecule has 94 valence electrons. The number of nitrogens with zero attached hydrogens (tertiary/aromatic N) is 2. The molecule has 1 aliphatic carbocycles. The Morgan fingerprint density at radius 3 is 2.59 bits per heavy atom. The van der Waals surface area contributed by atoms with Crippen LogP contribution in [0.3, 0.4) is 0 Å². The van der Waals surface area contributed by atoms with Gasteiger partial charge in [0.1, 0.15) is 0 Å². The molecule has 0 unspecified atom stereocenters. The monoisotopic (exact) mass is 233 g/mol. The van der Waals surface area contributed by atoms with Crippen LogP contribution < -0.4 is 5.32 Å². The van der Waals surface area contributed by atoms with Gasteiger partial charge < -0.3 is 5.32 Å². The molecule has 1 N–H and O–H groups in total. The minimum Gasteiger partial charge on any atom is -0.354 e. The van der Waals surface area contributed by atoms with Crippen molar-refractivity contribution in [3.05, 3.63) is 17.5 Å². The highest BCUT2D eigenvalue weighted by Crippen LogP contribution is 2.48. The van der Waals surface area contributed by atoms with Crippen LogP contribution in [0.2, 0.25) is 0 Å². The molecule has 0 aliphatic heterocycles. The third-order valence-corrected chi connectivity index (χ3v) is 3.79. The molecule has 1 aliphatic rings. The smallest absolute Gasteiger partial charge is 0.223 e. The minimum atomic E-state index is 0.457. The van der Waals surface area contributed by atoms with Crippen molar-refractivity contribution in [1.82, 2.24) is 9.97 Å². The maximum atomic E-state index is 4.58. The van der Waals surface area contributed by atoms with Crippen LogP contribution in [0.15, 0.2) is 6.07 Å². The lowest BCUT2D eigenvalue weighted by molar-refractivity contribution is 0.519. The van der Waals surface area contributed by atoms with E-state index in [0.717, 1.165) is 23.9 Å². The molecule has 0 saturated heterocycles. The van der Waals surface area contributed by atoms with E-state index in [1.54, 1.807) is 0 Å². The molecule has 0 aromatic carbocycles. The van der Waals surface area contributed by atoms with Gasteiger partial charge in [-0.25, -0.2) is 9.97 Å². The van der Waals surface area contributed by atoms with Gasteiger partial charge in [0, 0.05) is 17.9 Å². The lowest BCUT2D eigenvalue weighted by Crippen LogP contribution is -2.16. The van der Waals surface area contributed by atoms with Crippen molar-refractivity contribution in [3.63, 3.8) is 0 Å². The van der Waals surface area contributed by atoms with Gasteiger partial charge in [0.05, 0.1) is 0 Å². The zero-order valence-corrected chi connectivity index (χ0v) is 11.4. The van der Waals surface area contributed by atoms with E-state index in [2.05, 4.69) is 42.1 Å². The van der Waals surface area contributed by atoms with E-state index in [-0.39, 0.29) is 0 Å². The van der Waals surface area contributed by atoms with Crippen LogP contribution >= 0.6 is 0 Å². The largest absolute Gasteiger partial charge is 0.354 e. The fourth-order valence-electron chi connectivity index (χ4n) is 2.07. The average molecular weight is 233 g/mol. The summed E-state index contributed by atoms with van der Waals surface area (Å²) in [6.07, 6.45) is 3.95. The molecule has 1 aromatic heterocycles. The summed E-state index contributed by atoms with van der Waals surface area (Å²) in [5.74, 6) is 1.26. The summed E-state index contributed by atoms with van der Waals surface area (Å²) in [6.45, 7) is 9.65. The Hall–Kier alpha value is -1.12. The van der Waals surface area contributed by atoms with E-state index in [0.29, 0.717) is 11.3 Å². The Bertz CT molecular complexity index is 394. The molecule has 3 nitrogen and oxygen atoms in total. The molecular weight excluding hydrogens is 210 g/mol. The predicted molar refractivity (Wildman–Crippen MR) is 71.3 cm³/mol. The van der Waals surface area contributed by atoms with Crippen molar-refractivity contribution in [1.29, 1.82) is 0 Å². The molecule has 1 saturated carbocycles. The van der Waals surface area contributed by atoms with Crippen LogP contribution in [0.1, 0.15) is 57.3 Å². The van der Waals surface area contributed by atoms with Gasteiger partial charge in [0.25, 0.3) is 0 Å². The van der Waals surface area contributed by atoms with Crippen molar-refractivity contribution < 1.29 is 0 Å². The second kappa shape index (κ2) is 4.63. The highest BCUT2D eigenvalue weighted by atomic mass is 15.1. The van der Waals surface area contributed by atoms with Gasteiger partial charge in [-0.15, -0.1) is 0 Å².